The van der Waals surface area contributed by atoms with Crippen molar-refractivity contribution in [3.63, 3.8) is 0 Å². The van der Waals surface area contributed by atoms with Gasteiger partial charge in [0, 0.05) is 27.0 Å². The Morgan fingerprint density at radius 3 is 2.00 bits per heavy atom. The van der Waals surface area contributed by atoms with E-state index in [1.165, 1.54) is 44.2 Å². The van der Waals surface area contributed by atoms with E-state index in [0.717, 1.165) is 12.3 Å². The number of hydrogen-bond acceptors (Lipinski definition) is 9. The van der Waals surface area contributed by atoms with Crippen molar-refractivity contribution in [2.45, 2.75) is 49.9 Å². The predicted octanol–water partition coefficient (Wildman–Crippen LogP) is 4.95. The number of sulfonamides is 2. The number of aromatic hydroxyl groups is 1. The molecule has 0 radical (unpaired) electrons. The van der Waals surface area contributed by atoms with E-state index in [1.807, 2.05) is 0 Å². The van der Waals surface area contributed by atoms with Gasteiger partial charge in [0.05, 0.1) is 28.2 Å². The SMILES string of the molecule is Cc1cc(/N=N/c2cc(S(=O)(=O)NC(C)(C)C)c(O)c3cccc(NS(C)(=O)=O)c23)cc(C)c1S(=O)(=O)Cl. The van der Waals surface area contributed by atoms with E-state index >= 15 is 0 Å². The first-order valence-electron chi connectivity index (χ1n) is 11.0. The number of benzene rings is 3. The van der Waals surface area contributed by atoms with Crippen LogP contribution in [-0.2, 0) is 29.1 Å². The molecule has 0 aromatic heterocycles. The molecular weight excluding hydrogens is 576 g/mol. The number of hydrogen-bond donors (Lipinski definition) is 3. The highest BCUT2D eigenvalue weighted by atomic mass is 35.7. The van der Waals surface area contributed by atoms with Crippen LogP contribution in [0, 0.1) is 13.8 Å². The van der Waals surface area contributed by atoms with Gasteiger partial charge < -0.3 is 5.11 Å². The van der Waals surface area contributed by atoms with Crippen molar-refractivity contribution in [3.05, 3.63) is 47.5 Å². The Balaban J connectivity index is 2.34. The van der Waals surface area contributed by atoms with Crippen molar-refractivity contribution in [2.24, 2.45) is 10.2 Å². The zero-order valence-electron chi connectivity index (χ0n) is 21.4. The third-order valence-electron chi connectivity index (χ3n) is 5.06. The molecule has 38 heavy (non-hydrogen) atoms. The van der Waals surface area contributed by atoms with Crippen LogP contribution in [0.4, 0.5) is 17.1 Å². The van der Waals surface area contributed by atoms with Crippen LogP contribution in [0.25, 0.3) is 10.8 Å². The minimum atomic E-state index is -4.25. The Morgan fingerprint density at radius 2 is 1.50 bits per heavy atom. The number of phenolic OH excluding ortho intramolecular Hbond substituents is 1. The van der Waals surface area contributed by atoms with Crippen LogP contribution >= 0.6 is 10.7 Å². The van der Waals surface area contributed by atoms with Crippen LogP contribution in [0.3, 0.4) is 0 Å². The van der Waals surface area contributed by atoms with E-state index in [9.17, 15) is 30.4 Å². The monoisotopic (exact) mass is 602 g/mol. The van der Waals surface area contributed by atoms with Crippen molar-refractivity contribution in [1.82, 2.24) is 4.72 Å². The van der Waals surface area contributed by atoms with Gasteiger partial charge in [-0.1, -0.05) is 12.1 Å². The minimum absolute atomic E-state index is 0.0142. The van der Waals surface area contributed by atoms with Crippen molar-refractivity contribution in [3.8, 4) is 5.75 Å². The zero-order chi connectivity index (χ0) is 28.8. The summed E-state index contributed by atoms with van der Waals surface area (Å²) in [4.78, 5) is -0.546. The number of phenols is 1. The van der Waals surface area contributed by atoms with Gasteiger partial charge in [0.2, 0.25) is 20.0 Å². The van der Waals surface area contributed by atoms with Gasteiger partial charge in [0.1, 0.15) is 10.6 Å². The first-order valence-corrected chi connectivity index (χ1v) is 16.7. The van der Waals surface area contributed by atoms with E-state index < -0.39 is 45.3 Å². The van der Waals surface area contributed by atoms with Gasteiger partial charge in [-0.15, -0.1) is 5.11 Å². The van der Waals surface area contributed by atoms with Crippen LogP contribution in [0.15, 0.2) is 56.4 Å². The third-order valence-corrected chi connectivity index (χ3v) is 9.02. The number of fused-ring (bicyclic) bond motifs is 1. The van der Waals surface area contributed by atoms with Crippen molar-refractivity contribution in [1.29, 1.82) is 0 Å². The maximum atomic E-state index is 13.1. The Kier molecular flexibility index (Phi) is 7.89. The summed E-state index contributed by atoms with van der Waals surface area (Å²) < 4.78 is 78.9. The first-order chi connectivity index (χ1) is 17.2. The smallest absolute Gasteiger partial charge is 0.261 e. The number of halogens is 1. The van der Waals surface area contributed by atoms with Crippen molar-refractivity contribution >= 4 is 67.6 Å². The second-order valence-electron chi connectivity index (χ2n) is 9.75. The summed E-state index contributed by atoms with van der Waals surface area (Å²) in [5.74, 6) is -0.601. The zero-order valence-corrected chi connectivity index (χ0v) is 24.6. The molecule has 0 spiro atoms. The number of nitrogens with zero attached hydrogens (tertiary/aromatic N) is 2. The second kappa shape index (κ2) is 10.1. The molecule has 0 fully saturated rings. The van der Waals surface area contributed by atoms with E-state index in [-0.39, 0.29) is 32.7 Å². The molecule has 15 heteroatoms. The van der Waals surface area contributed by atoms with Gasteiger partial charge in [0.15, 0.2) is 0 Å². The lowest BCUT2D eigenvalue weighted by Crippen LogP contribution is -2.40. The maximum Gasteiger partial charge on any atom is 0.261 e. The molecule has 0 aliphatic rings. The van der Waals surface area contributed by atoms with Crippen molar-refractivity contribution in [2.75, 3.05) is 11.0 Å². The summed E-state index contributed by atoms with van der Waals surface area (Å²) in [5, 5.41) is 19.4. The number of aryl methyl sites for hydroxylation is 2. The highest BCUT2D eigenvalue weighted by Crippen LogP contribution is 2.43. The summed E-state index contributed by atoms with van der Waals surface area (Å²) in [7, 11) is -6.49. The second-order valence-corrected chi connectivity index (χ2v) is 15.6. The number of azo groups is 1. The Labute approximate surface area is 226 Å². The van der Waals surface area contributed by atoms with Gasteiger partial charge in [-0.05, 0) is 70.0 Å². The molecule has 3 aromatic rings. The fraction of sp³-hybridized carbons (Fsp3) is 0.304. The molecule has 0 saturated carbocycles. The van der Waals surface area contributed by atoms with Gasteiger partial charge in [0.25, 0.3) is 9.05 Å². The van der Waals surface area contributed by atoms with Gasteiger partial charge >= 0.3 is 0 Å². The molecule has 3 aromatic carbocycles. The molecule has 3 rings (SSSR count). The summed E-state index contributed by atoms with van der Waals surface area (Å²) in [6.45, 7) is 7.97. The van der Waals surface area contributed by atoms with Crippen LogP contribution in [-0.4, -0.2) is 42.2 Å². The predicted molar refractivity (Wildman–Crippen MR) is 147 cm³/mol. The summed E-state index contributed by atoms with van der Waals surface area (Å²) in [6.07, 6.45) is 0.941. The summed E-state index contributed by atoms with van der Waals surface area (Å²) in [6, 6.07) is 8.24. The van der Waals surface area contributed by atoms with E-state index in [0.29, 0.717) is 11.1 Å². The van der Waals surface area contributed by atoms with Crippen molar-refractivity contribution < 1.29 is 30.4 Å². The van der Waals surface area contributed by atoms with Crippen LogP contribution in [0.5, 0.6) is 5.75 Å². The van der Waals surface area contributed by atoms with Crippen LogP contribution in [0.1, 0.15) is 31.9 Å². The largest absolute Gasteiger partial charge is 0.506 e. The Bertz CT molecular complexity index is 1770. The van der Waals surface area contributed by atoms with Crippen LogP contribution in [0.2, 0.25) is 0 Å². The first kappa shape index (κ1) is 29.8. The minimum Gasteiger partial charge on any atom is -0.506 e. The number of anilines is 1. The molecule has 0 amide bonds. The molecular formula is C23H27ClN4O7S3. The van der Waals surface area contributed by atoms with Gasteiger partial charge in [-0.2, -0.15) is 5.11 Å². The molecule has 11 nitrogen and oxygen atoms in total. The lowest BCUT2D eigenvalue weighted by molar-refractivity contribution is 0.458. The molecule has 0 saturated heterocycles. The molecule has 0 unspecified atom stereocenters. The molecule has 0 atom stereocenters. The summed E-state index contributed by atoms with van der Waals surface area (Å²) in [5.41, 5.74) is -0.0263. The Morgan fingerprint density at radius 1 is 0.921 bits per heavy atom. The van der Waals surface area contributed by atoms with E-state index in [1.54, 1.807) is 20.8 Å². The highest BCUT2D eigenvalue weighted by molar-refractivity contribution is 8.13. The van der Waals surface area contributed by atoms with Gasteiger partial charge in [-0.3, -0.25) is 4.72 Å². The maximum absolute atomic E-state index is 13.1. The third kappa shape index (κ3) is 6.80. The lowest BCUT2D eigenvalue weighted by atomic mass is 10.1. The number of nitrogens with one attached hydrogen (secondary N) is 2. The lowest BCUT2D eigenvalue weighted by Gasteiger charge is -2.21. The molecule has 0 heterocycles. The molecule has 0 bridgehead atoms. The molecule has 3 N–H and O–H groups in total. The quantitative estimate of drug-likeness (QED) is 0.253. The topological polar surface area (TPSA) is 171 Å². The van der Waals surface area contributed by atoms with E-state index in [4.69, 9.17) is 10.7 Å². The molecule has 0 aliphatic heterocycles. The fourth-order valence-electron chi connectivity index (χ4n) is 3.93. The molecule has 0 aliphatic carbocycles. The molecule has 206 valence electrons. The summed E-state index contributed by atoms with van der Waals surface area (Å²) >= 11 is 0. The fourth-order valence-corrected chi connectivity index (χ4v) is 7.67. The average molecular weight is 603 g/mol. The van der Waals surface area contributed by atoms with E-state index in [2.05, 4.69) is 19.7 Å². The number of rotatable bonds is 7. The normalized spacial score (nSPS) is 13.3. The standard InChI is InChI=1S/C23H27ClN4O7S3/c1-13-10-15(11-14(2)22(13)37(24,32)33)25-26-18-12-19(38(34,35)28-23(3,4)5)21(29)16-8-7-9-17(20(16)18)27-36(6,30)31/h7-12,27-29H,1-6H3/b26-25+. The Hall–Kier alpha value is -2.78. The average Bonchev–Trinajstić information content (AvgIpc) is 2.69. The van der Waals surface area contributed by atoms with Gasteiger partial charge in [-0.25, -0.2) is 30.0 Å². The highest BCUT2D eigenvalue weighted by Gasteiger charge is 2.28. The van der Waals surface area contributed by atoms with Crippen LogP contribution < -0.4 is 9.44 Å².